The van der Waals surface area contributed by atoms with Gasteiger partial charge in [-0.1, -0.05) is 6.92 Å². The number of aryl methyl sites for hydroxylation is 1. The van der Waals surface area contributed by atoms with Crippen molar-refractivity contribution in [2.45, 2.75) is 33.2 Å². The molecule has 2 unspecified atom stereocenters. The summed E-state index contributed by atoms with van der Waals surface area (Å²) < 4.78 is 0. The molecule has 1 N–H and O–H groups in total. The minimum atomic E-state index is 0.286. The van der Waals surface area contributed by atoms with E-state index >= 15 is 0 Å². The van der Waals surface area contributed by atoms with E-state index in [-0.39, 0.29) is 6.04 Å². The first-order valence-corrected chi connectivity index (χ1v) is 6.94. The molecule has 1 fully saturated rings. The Morgan fingerprint density at radius 1 is 1.44 bits per heavy atom. The van der Waals surface area contributed by atoms with Gasteiger partial charge in [0.05, 0.1) is 11.4 Å². The van der Waals surface area contributed by atoms with Gasteiger partial charge in [-0.05, 0) is 45.8 Å². The fourth-order valence-corrected chi connectivity index (χ4v) is 2.65. The molecule has 2 heterocycles. The molecule has 1 aromatic rings. The molecular formula is C14H24N4. The Morgan fingerprint density at radius 2 is 2.22 bits per heavy atom. The van der Waals surface area contributed by atoms with E-state index in [0.717, 1.165) is 23.9 Å². The zero-order valence-electron chi connectivity index (χ0n) is 11.7. The highest BCUT2D eigenvalue weighted by atomic mass is 15.1. The average Bonchev–Trinajstić information content (AvgIpc) is 2.84. The second-order valence-corrected chi connectivity index (χ2v) is 5.20. The molecule has 1 aliphatic heterocycles. The second-order valence-electron chi connectivity index (χ2n) is 5.20. The van der Waals surface area contributed by atoms with Crippen LogP contribution in [-0.2, 0) is 0 Å². The van der Waals surface area contributed by atoms with E-state index in [0.29, 0.717) is 0 Å². The number of rotatable bonds is 5. The summed E-state index contributed by atoms with van der Waals surface area (Å²) in [7, 11) is 0. The molecule has 2 rings (SSSR count). The van der Waals surface area contributed by atoms with E-state index in [2.05, 4.69) is 34.0 Å². The molecule has 0 aliphatic carbocycles. The summed E-state index contributed by atoms with van der Waals surface area (Å²) in [5.74, 6) is 0.782. The maximum absolute atomic E-state index is 4.42. The van der Waals surface area contributed by atoms with Crippen LogP contribution in [0.3, 0.4) is 0 Å². The van der Waals surface area contributed by atoms with Crippen LogP contribution in [0.2, 0.25) is 0 Å². The largest absolute Gasteiger partial charge is 0.308 e. The van der Waals surface area contributed by atoms with Crippen molar-refractivity contribution in [3.8, 4) is 0 Å². The fourth-order valence-electron chi connectivity index (χ4n) is 2.65. The lowest BCUT2D eigenvalue weighted by Gasteiger charge is -2.18. The molecule has 0 amide bonds. The van der Waals surface area contributed by atoms with E-state index in [1.54, 1.807) is 12.4 Å². The fraction of sp³-hybridized carbons (Fsp3) is 0.714. The molecule has 1 aliphatic rings. The van der Waals surface area contributed by atoms with Crippen LogP contribution in [0.15, 0.2) is 12.4 Å². The topological polar surface area (TPSA) is 41.0 Å². The van der Waals surface area contributed by atoms with Crippen LogP contribution in [0, 0.1) is 12.8 Å². The Labute approximate surface area is 110 Å². The molecule has 18 heavy (non-hydrogen) atoms. The van der Waals surface area contributed by atoms with Crippen LogP contribution in [0.4, 0.5) is 0 Å². The minimum absolute atomic E-state index is 0.286. The van der Waals surface area contributed by atoms with E-state index < -0.39 is 0 Å². The maximum Gasteiger partial charge on any atom is 0.0782 e. The van der Waals surface area contributed by atoms with Gasteiger partial charge in [-0.15, -0.1) is 0 Å². The molecule has 100 valence electrons. The van der Waals surface area contributed by atoms with Crippen LogP contribution in [0.25, 0.3) is 0 Å². The Hall–Kier alpha value is -1.00. The number of aromatic nitrogens is 2. The third-order valence-electron chi connectivity index (χ3n) is 3.86. The van der Waals surface area contributed by atoms with Crippen LogP contribution in [0.1, 0.15) is 37.7 Å². The Morgan fingerprint density at radius 3 is 2.89 bits per heavy atom. The lowest BCUT2D eigenvalue weighted by Crippen LogP contribution is -2.29. The third kappa shape index (κ3) is 3.27. The molecular weight excluding hydrogens is 224 g/mol. The van der Waals surface area contributed by atoms with Crippen LogP contribution < -0.4 is 5.32 Å². The van der Waals surface area contributed by atoms with Crippen molar-refractivity contribution in [3.05, 3.63) is 23.8 Å². The lowest BCUT2D eigenvalue weighted by atomic mass is 10.1. The van der Waals surface area contributed by atoms with Crippen LogP contribution in [-0.4, -0.2) is 41.0 Å². The summed E-state index contributed by atoms with van der Waals surface area (Å²) in [6.45, 7) is 11.2. The van der Waals surface area contributed by atoms with Crippen LogP contribution >= 0.6 is 0 Å². The van der Waals surface area contributed by atoms with Crippen molar-refractivity contribution >= 4 is 0 Å². The van der Waals surface area contributed by atoms with Gasteiger partial charge in [0.25, 0.3) is 0 Å². The van der Waals surface area contributed by atoms with Gasteiger partial charge >= 0.3 is 0 Å². The van der Waals surface area contributed by atoms with Gasteiger partial charge in [0, 0.05) is 25.0 Å². The minimum Gasteiger partial charge on any atom is -0.308 e. The maximum atomic E-state index is 4.42. The molecule has 4 nitrogen and oxygen atoms in total. The predicted molar refractivity (Wildman–Crippen MR) is 73.4 cm³/mol. The zero-order chi connectivity index (χ0) is 13.0. The number of nitrogens with zero attached hydrogens (tertiary/aromatic N) is 3. The number of likely N-dealkylation sites (tertiary alicyclic amines) is 1. The Bertz CT molecular complexity index is 380. The SMILES string of the molecule is CCN1CCC(CNC(C)c2nccnc2C)C1. The van der Waals surface area contributed by atoms with E-state index in [1.165, 1.54) is 26.1 Å². The van der Waals surface area contributed by atoms with Crippen molar-refractivity contribution in [1.29, 1.82) is 0 Å². The van der Waals surface area contributed by atoms with Crippen molar-refractivity contribution < 1.29 is 0 Å². The highest BCUT2D eigenvalue weighted by Gasteiger charge is 2.21. The number of nitrogens with one attached hydrogen (secondary N) is 1. The van der Waals surface area contributed by atoms with Gasteiger partial charge in [0.1, 0.15) is 0 Å². The van der Waals surface area contributed by atoms with Gasteiger partial charge in [-0.25, -0.2) is 0 Å². The van der Waals surface area contributed by atoms with Gasteiger partial charge < -0.3 is 10.2 Å². The highest BCUT2D eigenvalue weighted by Crippen LogP contribution is 2.17. The number of hydrogen-bond acceptors (Lipinski definition) is 4. The summed E-state index contributed by atoms with van der Waals surface area (Å²) in [4.78, 5) is 11.2. The zero-order valence-corrected chi connectivity index (χ0v) is 11.7. The van der Waals surface area contributed by atoms with E-state index in [4.69, 9.17) is 0 Å². The lowest BCUT2D eigenvalue weighted by molar-refractivity contribution is 0.335. The molecule has 2 atom stereocenters. The summed E-state index contributed by atoms with van der Waals surface area (Å²) >= 11 is 0. The molecule has 0 aromatic carbocycles. The van der Waals surface area contributed by atoms with Gasteiger partial charge in [-0.2, -0.15) is 0 Å². The first-order valence-electron chi connectivity index (χ1n) is 6.94. The molecule has 1 saturated heterocycles. The quantitative estimate of drug-likeness (QED) is 0.862. The Kier molecular flexibility index (Phi) is 4.66. The standard InChI is InChI=1S/C14H24N4/c1-4-18-8-5-13(10-18)9-17-12(3)14-11(2)15-6-7-16-14/h6-7,12-13,17H,4-5,8-10H2,1-3H3. The molecule has 0 bridgehead atoms. The van der Waals surface area contributed by atoms with Crippen molar-refractivity contribution in [2.24, 2.45) is 5.92 Å². The third-order valence-corrected chi connectivity index (χ3v) is 3.86. The first-order chi connectivity index (χ1) is 8.70. The smallest absolute Gasteiger partial charge is 0.0782 e. The van der Waals surface area contributed by atoms with Crippen molar-refractivity contribution in [2.75, 3.05) is 26.2 Å². The Balaban J connectivity index is 1.82. The van der Waals surface area contributed by atoms with Gasteiger partial charge in [0.15, 0.2) is 0 Å². The normalized spacial score (nSPS) is 22.3. The number of hydrogen-bond donors (Lipinski definition) is 1. The second kappa shape index (κ2) is 6.25. The monoisotopic (exact) mass is 248 g/mol. The highest BCUT2D eigenvalue weighted by molar-refractivity contribution is 5.12. The molecule has 1 aromatic heterocycles. The van der Waals surface area contributed by atoms with Gasteiger partial charge in [-0.3, -0.25) is 9.97 Å². The molecule has 0 radical (unpaired) electrons. The molecule has 4 heteroatoms. The predicted octanol–water partition coefficient (Wildman–Crippen LogP) is 1.78. The molecule has 0 spiro atoms. The first kappa shape index (κ1) is 13.4. The van der Waals surface area contributed by atoms with Crippen LogP contribution in [0.5, 0.6) is 0 Å². The molecule has 0 saturated carbocycles. The summed E-state index contributed by atoms with van der Waals surface area (Å²) in [6.07, 6.45) is 4.84. The van der Waals surface area contributed by atoms with Crippen molar-refractivity contribution in [3.63, 3.8) is 0 Å². The summed E-state index contributed by atoms with van der Waals surface area (Å²) in [5.41, 5.74) is 2.10. The summed E-state index contributed by atoms with van der Waals surface area (Å²) in [5, 5.41) is 3.60. The van der Waals surface area contributed by atoms with E-state index in [1.807, 2.05) is 6.92 Å². The van der Waals surface area contributed by atoms with Gasteiger partial charge in [0.2, 0.25) is 0 Å². The van der Waals surface area contributed by atoms with Crippen molar-refractivity contribution in [1.82, 2.24) is 20.2 Å². The van der Waals surface area contributed by atoms with E-state index in [9.17, 15) is 0 Å². The average molecular weight is 248 g/mol. The summed E-state index contributed by atoms with van der Waals surface area (Å²) in [6, 6.07) is 0.286.